The quantitative estimate of drug-likeness (QED) is 0.390. The molecule has 0 saturated heterocycles. The molecular formula is C28H28N2O2. The summed E-state index contributed by atoms with van der Waals surface area (Å²) < 4.78 is 7.45. The summed E-state index contributed by atoms with van der Waals surface area (Å²) >= 11 is 0. The fourth-order valence-corrected chi connectivity index (χ4v) is 3.86. The molecule has 1 heterocycles. The summed E-state index contributed by atoms with van der Waals surface area (Å²) in [6, 6.07) is 24.2. The highest BCUT2D eigenvalue weighted by Crippen LogP contribution is 2.31. The molecule has 0 unspecified atom stereocenters. The minimum absolute atomic E-state index is 0.119. The van der Waals surface area contributed by atoms with Crippen LogP contribution in [0.2, 0.25) is 0 Å². The highest BCUT2D eigenvalue weighted by Gasteiger charge is 2.20. The molecule has 0 aliphatic rings. The zero-order chi connectivity index (χ0) is 22.8. The van der Waals surface area contributed by atoms with E-state index in [4.69, 9.17) is 4.74 Å². The van der Waals surface area contributed by atoms with Gasteiger partial charge in [-0.3, -0.25) is 4.79 Å². The Labute approximate surface area is 189 Å². The molecular weight excluding hydrogens is 396 g/mol. The average molecular weight is 425 g/mol. The van der Waals surface area contributed by atoms with Crippen molar-refractivity contribution in [3.8, 4) is 22.7 Å². The number of methoxy groups -OCH3 is 1. The summed E-state index contributed by atoms with van der Waals surface area (Å²) in [6.07, 6.45) is 0. The Morgan fingerprint density at radius 1 is 0.812 bits per heavy atom. The summed E-state index contributed by atoms with van der Waals surface area (Å²) in [5.74, 6) is 0.679. The number of nitrogens with one attached hydrogen (secondary N) is 1. The summed E-state index contributed by atoms with van der Waals surface area (Å²) in [4.78, 5) is 13.3. The van der Waals surface area contributed by atoms with Crippen LogP contribution in [0.15, 0.2) is 72.8 Å². The highest BCUT2D eigenvalue weighted by atomic mass is 16.5. The molecule has 162 valence electrons. The number of benzene rings is 3. The van der Waals surface area contributed by atoms with Crippen LogP contribution >= 0.6 is 0 Å². The predicted octanol–water partition coefficient (Wildman–Crippen LogP) is 6.64. The van der Waals surface area contributed by atoms with Crippen LogP contribution in [0.25, 0.3) is 16.9 Å². The molecule has 4 aromatic rings. The van der Waals surface area contributed by atoms with Crippen molar-refractivity contribution in [2.24, 2.45) is 0 Å². The lowest BCUT2D eigenvalue weighted by Crippen LogP contribution is -2.13. The van der Waals surface area contributed by atoms with Crippen LogP contribution in [0.5, 0.6) is 5.75 Å². The van der Waals surface area contributed by atoms with Crippen LogP contribution in [-0.2, 0) is 0 Å². The number of aryl methyl sites for hydroxylation is 3. The van der Waals surface area contributed by atoms with Crippen LogP contribution in [0, 0.1) is 27.7 Å². The van der Waals surface area contributed by atoms with E-state index in [1.807, 2.05) is 62.4 Å². The Morgan fingerprint density at radius 2 is 1.50 bits per heavy atom. The van der Waals surface area contributed by atoms with Crippen molar-refractivity contribution in [1.29, 1.82) is 0 Å². The minimum Gasteiger partial charge on any atom is -0.497 e. The van der Waals surface area contributed by atoms with Gasteiger partial charge in [0, 0.05) is 17.1 Å². The second-order valence-corrected chi connectivity index (χ2v) is 8.18. The van der Waals surface area contributed by atoms with E-state index < -0.39 is 0 Å². The number of anilines is 1. The Balaban J connectivity index is 1.79. The number of hydrogen-bond donors (Lipinski definition) is 1. The Kier molecular flexibility index (Phi) is 5.87. The van der Waals surface area contributed by atoms with Gasteiger partial charge in [0.25, 0.3) is 5.91 Å². The van der Waals surface area contributed by atoms with Crippen LogP contribution in [-0.4, -0.2) is 17.6 Å². The maximum atomic E-state index is 13.3. The van der Waals surface area contributed by atoms with E-state index in [-0.39, 0.29) is 5.91 Å². The van der Waals surface area contributed by atoms with E-state index in [9.17, 15) is 4.79 Å². The van der Waals surface area contributed by atoms with Gasteiger partial charge < -0.3 is 14.6 Å². The summed E-state index contributed by atoms with van der Waals surface area (Å²) in [7, 11) is 1.66. The van der Waals surface area contributed by atoms with Gasteiger partial charge in [-0.15, -0.1) is 0 Å². The van der Waals surface area contributed by atoms with Gasteiger partial charge in [-0.05, 0) is 99.0 Å². The van der Waals surface area contributed by atoms with Gasteiger partial charge in [-0.2, -0.15) is 0 Å². The fourth-order valence-electron chi connectivity index (χ4n) is 3.86. The number of ether oxygens (including phenoxy) is 1. The molecule has 1 N–H and O–H groups in total. The average Bonchev–Trinajstić information content (AvgIpc) is 3.14. The van der Waals surface area contributed by atoms with Gasteiger partial charge >= 0.3 is 0 Å². The maximum Gasteiger partial charge on any atom is 0.257 e. The summed E-state index contributed by atoms with van der Waals surface area (Å²) in [5, 5.41) is 3.07. The van der Waals surface area contributed by atoms with Crippen LogP contribution < -0.4 is 10.1 Å². The number of rotatable bonds is 5. The molecule has 0 saturated carbocycles. The molecule has 4 nitrogen and oxygen atoms in total. The highest BCUT2D eigenvalue weighted by molar-refractivity contribution is 6.06. The predicted molar refractivity (Wildman–Crippen MR) is 131 cm³/mol. The van der Waals surface area contributed by atoms with Crippen molar-refractivity contribution in [2.45, 2.75) is 27.7 Å². The van der Waals surface area contributed by atoms with Crippen LogP contribution in [0.3, 0.4) is 0 Å². The zero-order valence-corrected chi connectivity index (χ0v) is 19.2. The first kappa shape index (κ1) is 21.4. The Morgan fingerprint density at radius 3 is 2.12 bits per heavy atom. The third-order valence-electron chi connectivity index (χ3n) is 5.93. The van der Waals surface area contributed by atoms with Crippen LogP contribution in [0.4, 0.5) is 5.69 Å². The number of amides is 1. The lowest BCUT2D eigenvalue weighted by atomic mass is 10.1. The molecule has 1 aromatic heterocycles. The van der Waals surface area contributed by atoms with E-state index in [2.05, 4.69) is 48.0 Å². The number of carbonyl (C=O) groups excluding carboxylic acids is 1. The van der Waals surface area contributed by atoms with E-state index in [0.29, 0.717) is 5.56 Å². The van der Waals surface area contributed by atoms with Gasteiger partial charge in [0.05, 0.1) is 18.4 Å². The summed E-state index contributed by atoms with van der Waals surface area (Å²) in [6.45, 7) is 8.17. The van der Waals surface area contributed by atoms with Crippen LogP contribution in [0.1, 0.15) is 32.7 Å². The first-order chi connectivity index (χ1) is 15.4. The first-order valence-electron chi connectivity index (χ1n) is 10.7. The standard InChI is InChI=1S/C28H28N2O2/c1-18-6-12-24(13-7-18)30-21(4)26(17-27(30)22-9-14-25(32-5)15-10-22)28(31)29-23-11-8-19(2)20(3)16-23/h6-17H,1-5H3,(H,29,31). The van der Waals surface area contributed by atoms with Crippen molar-refractivity contribution in [3.05, 3.63) is 101 Å². The SMILES string of the molecule is COc1ccc(-c2cc(C(=O)Nc3ccc(C)c(C)c3)c(C)n2-c2ccc(C)cc2)cc1. The van der Waals surface area contributed by atoms with Crippen molar-refractivity contribution < 1.29 is 9.53 Å². The smallest absolute Gasteiger partial charge is 0.257 e. The molecule has 0 spiro atoms. The maximum absolute atomic E-state index is 13.3. The van der Waals surface area contributed by atoms with E-state index in [1.165, 1.54) is 11.1 Å². The number of hydrogen-bond acceptors (Lipinski definition) is 2. The molecule has 0 atom stereocenters. The van der Waals surface area contributed by atoms with Gasteiger partial charge in [0.15, 0.2) is 0 Å². The molecule has 0 aliphatic carbocycles. The molecule has 1 amide bonds. The molecule has 0 radical (unpaired) electrons. The van der Waals surface area contributed by atoms with Crippen molar-refractivity contribution >= 4 is 11.6 Å². The Bertz CT molecular complexity index is 1270. The molecule has 4 heteroatoms. The second-order valence-electron chi connectivity index (χ2n) is 8.18. The molecule has 0 aliphatic heterocycles. The monoisotopic (exact) mass is 424 g/mol. The molecule has 0 fully saturated rings. The number of aromatic nitrogens is 1. The lowest BCUT2D eigenvalue weighted by Gasteiger charge is -2.13. The Hall–Kier alpha value is -3.79. The third kappa shape index (κ3) is 4.17. The van der Waals surface area contributed by atoms with Gasteiger partial charge in [-0.1, -0.05) is 23.8 Å². The molecule has 4 rings (SSSR count). The first-order valence-corrected chi connectivity index (χ1v) is 10.7. The molecule has 3 aromatic carbocycles. The van der Waals surface area contributed by atoms with Crippen molar-refractivity contribution in [1.82, 2.24) is 4.57 Å². The third-order valence-corrected chi connectivity index (χ3v) is 5.93. The fraction of sp³-hybridized carbons (Fsp3) is 0.179. The van der Waals surface area contributed by atoms with E-state index in [1.54, 1.807) is 7.11 Å². The molecule has 0 bridgehead atoms. The van der Waals surface area contributed by atoms with Gasteiger partial charge in [-0.25, -0.2) is 0 Å². The van der Waals surface area contributed by atoms with E-state index in [0.717, 1.165) is 39.6 Å². The summed E-state index contributed by atoms with van der Waals surface area (Å²) in [5.41, 5.74) is 8.87. The van der Waals surface area contributed by atoms with Gasteiger partial charge in [0.2, 0.25) is 0 Å². The molecule has 32 heavy (non-hydrogen) atoms. The largest absolute Gasteiger partial charge is 0.497 e. The normalized spacial score (nSPS) is 10.8. The topological polar surface area (TPSA) is 43.3 Å². The number of nitrogens with zero attached hydrogens (tertiary/aromatic N) is 1. The number of carbonyl (C=O) groups is 1. The lowest BCUT2D eigenvalue weighted by molar-refractivity contribution is 0.102. The second kappa shape index (κ2) is 8.75. The van der Waals surface area contributed by atoms with Crippen molar-refractivity contribution in [2.75, 3.05) is 12.4 Å². The van der Waals surface area contributed by atoms with Gasteiger partial charge in [0.1, 0.15) is 5.75 Å². The minimum atomic E-state index is -0.119. The van der Waals surface area contributed by atoms with Crippen molar-refractivity contribution in [3.63, 3.8) is 0 Å². The zero-order valence-electron chi connectivity index (χ0n) is 19.2. The van der Waals surface area contributed by atoms with E-state index >= 15 is 0 Å².